The molecule has 0 aromatic carbocycles. The third-order valence-electron chi connectivity index (χ3n) is 2.61. The first-order valence-corrected chi connectivity index (χ1v) is 5.64. The zero-order valence-electron chi connectivity index (χ0n) is 10.1. The average Bonchev–Trinajstić information content (AvgIpc) is 2.90. The second kappa shape index (κ2) is 5.45. The molecule has 0 aliphatic carbocycles. The Morgan fingerprint density at radius 3 is 2.76 bits per heavy atom. The normalized spacial score (nSPS) is 10.5. The van der Waals surface area contributed by atoms with Crippen molar-refractivity contribution < 1.29 is 0 Å². The summed E-state index contributed by atoms with van der Waals surface area (Å²) in [5.41, 5.74) is 1.85. The van der Waals surface area contributed by atoms with Crippen molar-refractivity contribution in [2.75, 3.05) is 32.1 Å². The molecule has 0 fully saturated rings. The Kier molecular flexibility index (Phi) is 3.72. The topological polar surface area (TPSA) is 56.8 Å². The van der Waals surface area contributed by atoms with Gasteiger partial charge < -0.3 is 15.2 Å². The molecule has 5 heteroatoms. The molecule has 2 rings (SSSR count). The number of likely N-dealkylation sites (N-methyl/N-ethyl adjacent to an activating group) is 2. The van der Waals surface area contributed by atoms with Gasteiger partial charge in [-0.1, -0.05) is 0 Å². The van der Waals surface area contributed by atoms with E-state index < -0.39 is 0 Å². The summed E-state index contributed by atoms with van der Waals surface area (Å²) in [5.74, 6) is 0.885. The molecule has 17 heavy (non-hydrogen) atoms. The number of hydrogen-bond acceptors (Lipinski definition) is 4. The largest absolute Gasteiger partial charge is 0.360 e. The van der Waals surface area contributed by atoms with Gasteiger partial charge in [0.25, 0.3) is 0 Å². The number of H-pyrrole nitrogens is 1. The summed E-state index contributed by atoms with van der Waals surface area (Å²) >= 11 is 0. The van der Waals surface area contributed by atoms with E-state index in [0.29, 0.717) is 0 Å². The lowest BCUT2D eigenvalue weighted by Crippen LogP contribution is -2.27. The molecule has 0 radical (unpaired) electrons. The second-order valence-electron chi connectivity index (χ2n) is 3.89. The lowest BCUT2D eigenvalue weighted by atomic mass is 10.3. The molecule has 2 heterocycles. The summed E-state index contributed by atoms with van der Waals surface area (Å²) < 4.78 is 0. The van der Waals surface area contributed by atoms with Crippen LogP contribution in [-0.4, -0.2) is 42.4 Å². The Labute approximate surface area is 101 Å². The average molecular weight is 231 g/mol. The molecule has 0 unspecified atom stereocenters. The molecular formula is C12H17N5. The Hall–Kier alpha value is -1.88. The minimum Gasteiger partial charge on any atom is -0.360 e. The molecule has 0 amide bonds. The van der Waals surface area contributed by atoms with Gasteiger partial charge in [-0.15, -0.1) is 10.2 Å². The summed E-state index contributed by atoms with van der Waals surface area (Å²) in [6, 6.07) is 7.89. The predicted octanol–water partition coefficient (Wildman–Crippen LogP) is 1.13. The van der Waals surface area contributed by atoms with Crippen molar-refractivity contribution in [2.45, 2.75) is 0 Å². The standard InChI is InChI=1S/C12H17N5/c1-13-8-9-17(2)12-6-5-11(15-16-12)10-4-3-7-14-10/h3-7,13-14H,8-9H2,1-2H3. The van der Waals surface area contributed by atoms with Gasteiger partial charge in [0.05, 0.1) is 5.69 Å². The predicted molar refractivity (Wildman–Crippen MR) is 69.0 cm³/mol. The highest BCUT2D eigenvalue weighted by Gasteiger charge is 2.04. The molecule has 2 aromatic heterocycles. The van der Waals surface area contributed by atoms with Gasteiger partial charge in [-0.05, 0) is 31.3 Å². The van der Waals surface area contributed by atoms with Crippen LogP contribution >= 0.6 is 0 Å². The van der Waals surface area contributed by atoms with Crippen molar-refractivity contribution >= 4 is 5.82 Å². The summed E-state index contributed by atoms with van der Waals surface area (Å²) in [6.45, 7) is 1.84. The Morgan fingerprint density at radius 2 is 2.18 bits per heavy atom. The van der Waals surface area contributed by atoms with Gasteiger partial charge >= 0.3 is 0 Å². The van der Waals surface area contributed by atoms with Crippen LogP contribution in [0.1, 0.15) is 0 Å². The second-order valence-corrected chi connectivity index (χ2v) is 3.89. The molecule has 0 aliphatic heterocycles. The van der Waals surface area contributed by atoms with Crippen LogP contribution in [0.15, 0.2) is 30.5 Å². The van der Waals surface area contributed by atoms with E-state index in [2.05, 4.69) is 25.4 Å². The van der Waals surface area contributed by atoms with Crippen molar-refractivity contribution in [1.82, 2.24) is 20.5 Å². The van der Waals surface area contributed by atoms with Gasteiger partial charge in [-0.2, -0.15) is 0 Å². The quantitative estimate of drug-likeness (QED) is 0.810. The van der Waals surface area contributed by atoms with E-state index in [1.54, 1.807) is 0 Å². The molecule has 2 N–H and O–H groups in total. The summed E-state index contributed by atoms with van der Waals surface area (Å²) in [5, 5.41) is 11.5. The number of aromatic nitrogens is 3. The molecule has 5 nitrogen and oxygen atoms in total. The van der Waals surface area contributed by atoms with Gasteiger partial charge in [-0.25, -0.2) is 0 Å². The first kappa shape index (κ1) is 11.6. The number of rotatable bonds is 5. The fraction of sp³-hybridized carbons (Fsp3) is 0.333. The lowest BCUT2D eigenvalue weighted by Gasteiger charge is -2.16. The minimum atomic E-state index is 0.862. The van der Waals surface area contributed by atoms with Crippen LogP contribution < -0.4 is 10.2 Å². The smallest absolute Gasteiger partial charge is 0.151 e. The van der Waals surface area contributed by atoms with Crippen molar-refractivity contribution in [2.24, 2.45) is 0 Å². The summed E-state index contributed by atoms with van der Waals surface area (Å²) in [6.07, 6.45) is 1.88. The van der Waals surface area contributed by atoms with Gasteiger partial charge in [0.1, 0.15) is 5.69 Å². The number of aromatic amines is 1. The molecule has 0 atom stereocenters. The number of anilines is 1. The number of nitrogens with zero attached hydrogens (tertiary/aromatic N) is 3. The first-order valence-electron chi connectivity index (χ1n) is 5.64. The third-order valence-corrected chi connectivity index (χ3v) is 2.61. The maximum Gasteiger partial charge on any atom is 0.151 e. The Bertz CT molecular complexity index is 434. The van der Waals surface area contributed by atoms with Crippen molar-refractivity contribution in [1.29, 1.82) is 0 Å². The van der Waals surface area contributed by atoms with Crippen LogP contribution in [0.5, 0.6) is 0 Å². The van der Waals surface area contributed by atoms with Crippen molar-refractivity contribution in [3.05, 3.63) is 30.5 Å². The molecule has 0 spiro atoms. The van der Waals surface area contributed by atoms with E-state index in [0.717, 1.165) is 30.3 Å². The van der Waals surface area contributed by atoms with Crippen LogP contribution in [0.3, 0.4) is 0 Å². The van der Waals surface area contributed by atoms with E-state index >= 15 is 0 Å². The fourth-order valence-electron chi connectivity index (χ4n) is 1.56. The zero-order chi connectivity index (χ0) is 12.1. The molecular weight excluding hydrogens is 214 g/mol. The molecule has 90 valence electrons. The van der Waals surface area contributed by atoms with E-state index in [4.69, 9.17) is 0 Å². The highest BCUT2D eigenvalue weighted by molar-refractivity contribution is 5.55. The van der Waals surface area contributed by atoms with Gasteiger partial charge in [-0.3, -0.25) is 0 Å². The first-order chi connectivity index (χ1) is 8.31. The van der Waals surface area contributed by atoms with Gasteiger partial charge in [0.15, 0.2) is 5.82 Å². The van der Waals surface area contributed by atoms with Crippen molar-refractivity contribution in [3.8, 4) is 11.4 Å². The zero-order valence-corrected chi connectivity index (χ0v) is 10.1. The van der Waals surface area contributed by atoms with Crippen molar-refractivity contribution in [3.63, 3.8) is 0 Å². The summed E-state index contributed by atoms with van der Waals surface area (Å²) in [7, 11) is 3.95. The van der Waals surface area contributed by atoms with Crippen LogP contribution in [-0.2, 0) is 0 Å². The van der Waals surface area contributed by atoms with Crippen LogP contribution in [0, 0.1) is 0 Å². The SMILES string of the molecule is CNCCN(C)c1ccc(-c2ccc[nH]2)nn1. The third kappa shape index (κ3) is 2.82. The highest BCUT2D eigenvalue weighted by Crippen LogP contribution is 2.15. The van der Waals surface area contributed by atoms with Gasteiger partial charge in [0.2, 0.25) is 0 Å². The minimum absolute atomic E-state index is 0.862. The highest BCUT2D eigenvalue weighted by atomic mass is 15.2. The fourth-order valence-corrected chi connectivity index (χ4v) is 1.56. The molecule has 0 bridgehead atoms. The monoisotopic (exact) mass is 231 g/mol. The van der Waals surface area contributed by atoms with E-state index in [1.165, 1.54) is 0 Å². The van der Waals surface area contributed by atoms with Gasteiger partial charge in [0, 0.05) is 26.3 Å². The van der Waals surface area contributed by atoms with E-state index in [1.807, 2.05) is 44.6 Å². The molecule has 2 aromatic rings. The molecule has 0 aliphatic rings. The molecule has 0 saturated heterocycles. The maximum absolute atomic E-state index is 4.22. The summed E-state index contributed by atoms with van der Waals surface area (Å²) in [4.78, 5) is 5.18. The Balaban J connectivity index is 2.08. The Morgan fingerprint density at radius 1 is 1.29 bits per heavy atom. The van der Waals surface area contributed by atoms with E-state index in [-0.39, 0.29) is 0 Å². The number of hydrogen-bond donors (Lipinski definition) is 2. The van der Waals surface area contributed by atoms with Crippen LogP contribution in [0.25, 0.3) is 11.4 Å². The maximum atomic E-state index is 4.22. The van der Waals surface area contributed by atoms with Crippen LogP contribution in [0.2, 0.25) is 0 Å². The van der Waals surface area contributed by atoms with E-state index in [9.17, 15) is 0 Å². The number of nitrogens with one attached hydrogen (secondary N) is 2. The van der Waals surface area contributed by atoms with Crippen LogP contribution in [0.4, 0.5) is 5.82 Å². The lowest BCUT2D eigenvalue weighted by molar-refractivity contribution is 0.756. The molecule has 0 saturated carbocycles.